The van der Waals surface area contributed by atoms with Gasteiger partial charge in [-0.05, 0) is 159 Å². The summed E-state index contributed by atoms with van der Waals surface area (Å²) in [5.41, 5.74) is 12.6. The standard InChI is InChI=1S/2C7H9N.5C6H8N2.C6H12O2.C5H7N3.C5H10N2O.C5H8N2O/c1-6-3-4-8-7(2)5-6;1-6-3-4-7(2)8-5-6;2*1-5-3-8-6(2)4-7-5;1-5-3-7-4-6(2)8-5;1-5-3-7-6(2)8-4-5;1-5-3-4-7-6(2)8-5;1-5-3-7-6(2)8-4-5;1-4-6-3-7-5(2)8-4;2*1-6-3-4-7(2)5(6)8/h2*3-5H,1-2H3;5*3-4H,1-2H3;5-6H,3-4H2,1-2H3;3H,1-2H3;3-4H2,1-2H3;3-4H,1-2H3. The van der Waals surface area contributed by atoms with Crippen molar-refractivity contribution in [2.24, 2.45) is 20.0 Å². The summed E-state index contributed by atoms with van der Waals surface area (Å²) in [6, 6.07) is 10.1. The molecule has 2 amide bonds. The number of rotatable bonds is 0. The fourth-order valence-corrected chi connectivity index (χ4v) is 6.31. The summed E-state index contributed by atoms with van der Waals surface area (Å²) in [5, 5.41) is 0. The van der Waals surface area contributed by atoms with Crippen molar-refractivity contribution < 1.29 is 14.3 Å². The lowest BCUT2D eigenvalue weighted by molar-refractivity contribution is -0.187. The molecule has 474 valence electrons. The van der Waals surface area contributed by atoms with E-state index in [0.29, 0.717) is 5.92 Å². The molecule has 23 nitrogen and oxygen atoms in total. The smallest absolute Gasteiger partial charge is 0.327 e. The first-order chi connectivity index (χ1) is 41.5. The van der Waals surface area contributed by atoms with Crippen LogP contribution in [-0.2, 0) is 23.6 Å². The Morgan fingerprint density at radius 3 is 1.09 bits per heavy atom. The van der Waals surface area contributed by atoms with E-state index >= 15 is 0 Å². The van der Waals surface area contributed by atoms with Crippen LogP contribution in [0, 0.1) is 117 Å². The van der Waals surface area contributed by atoms with Gasteiger partial charge in [0.2, 0.25) is 0 Å². The maximum Gasteiger partial charge on any atom is 0.327 e. The monoisotopic (exact) mass is 1210 g/mol. The third-order valence-electron chi connectivity index (χ3n) is 11.2. The first-order valence-corrected chi connectivity index (χ1v) is 28.6. The number of carbonyl (C=O) groups is 1. The van der Waals surface area contributed by atoms with Crippen LogP contribution in [0.2, 0.25) is 0 Å². The van der Waals surface area contributed by atoms with Crippen LogP contribution in [0.3, 0.4) is 0 Å². The Morgan fingerprint density at radius 1 is 0.386 bits per heavy atom. The van der Waals surface area contributed by atoms with Crippen molar-refractivity contribution in [2.75, 3.05) is 40.4 Å². The molecule has 9 aromatic rings. The number of nitrogens with zero attached hydrogens (tertiary/aromatic N) is 19. The fourth-order valence-electron chi connectivity index (χ4n) is 6.31. The van der Waals surface area contributed by atoms with E-state index in [4.69, 9.17) is 9.47 Å². The van der Waals surface area contributed by atoms with Gasteiger partial charge in [-0.3, -0.25) is 39.9 Å². The number of amides is 2. The van der Waals surface area contributed by atoms with Gasteiger partial charge in [-0.15, -0.1) is 0 Å². The van der Waals surface area contributed by atoms with Crippen LogP contribution in [0.25, 0.3) is 0 Å². The summed E-state index contributed by atoms with van der Waals surface area (Å²) >= 11 is 0. The molecular formula is C65H95N19O4. The molecule has 9 aromatic heterocycles. The third-order valence-corrected chi connectivity index (χ3v) is 11.2. The average Bonchev–Trinajstić information content (AvgIpc) is 4.08. The number of hydrogen-bond acceptors (Lipinski definition) is 19. The molecule has 0 atom stereocenters. The number of hydrogen-bond donors (Lipinski definition) is 0. The zero-order valence-corrected chi connectivity index (χ0v) is 56.1. The molecule has 0 aromatic carbocycles. The Labute approximate surface area is 522 Å². The van der Waals surface area contributed by atoms with Gasteiger partial charge in [0, 0.05) is 145 Å². The van der Waals surface area contributed by atoms with Crippen LogP contribution < -0.4 is 5.69 Å². The number of aryl methyl sites for hydroxylation is 18. The Hall–Kier alpha value is -9.09. The second-order valence-electron chi connectivity index (χ2n) is 20.8. The quantitative estimate of drug-likeness (QED) is 0.137. The van der Waals surface area contributed by atoms with E-state index in [1.165, 1.54) is 26.6 Å². The number of urea groups is 1. The Bertz CT molecular complexity index is 2810. The summed E-state index contributed by atoms with van der Waals surface area (Å²) < 4.78 is 13.4. The van der Waals surface area contributed by atoms with Crippen LogP contribution in [0.15, 0.2) is 122 Å². The van der Waals surface area contributed by atoms with Gasteiger partial charge >= 0.3 is 11.7 Å². The molecule has 0 spiro atoms. The van der Waals surface area contributed by atoms with Gasteiger partial charge in [-0.2, -0.15) is 0 Å². The maximum absolute atomic E-state index is 10.8. The number of imidazole rings is 1. The van der Waals surface area contributed by atoms with E-state index in [0.717, 1.165) is 106 Å². The molecule has 0 radical (unpaired) electrons. The summed E-state index contributed by atoms with van der Waals surface area (Å²) in [6.45, 7) is 38.5. The molecule has 0 aliphatic carbocycles. The normalized spacial score (nSPS) is 13.1. The molecule has 2 saturated heterocycles. The van der Waals surface area contributed by atoms with Gasteiger partial charge in [0.1, 0.15) is 29.6 Å². The second-order valence-corrected chi connectivity index (χ2v) is 20.8. The highest BCUT2D eigenvalue weighted by atomic mass is 16.7. The second kappa shape index (κ2) is 43.5. The van der Waals surface area contributed by atoms with Crippen molar-refractivity contribution in [1.82, 2.24) is 93.7 Å². The van der Waals surface area contributed by atoms with E-state index in [1.807, 2.05) is 168 Å². The fraction of sp³-hybridized carbons (Fsp3) is 0.431. The van der Waals surface area contributed by atoms with Crippen molar-refractivity contribution in [3.05, 3.63) is 219 Å². The Morgan fingerprint density at radius 2 is 0.830 bits per heavy atom. The molecule has 2 fully saturated rings. The molecule has 0 saturated carbocycles. The van der Waals surface area contributed by atoms with Gasteiger partial charge < -0.3 is 28.4 Å². The van der Waals surface area contributed by atoms with Crippen LogP contribution in [0.5, 0.6) is 0 Å². The highest BCUT2D eigenvalue weighted by molar-refractivity contribution is 5.75. The van der Waals surface area contributed by atoms with Crippen molar-refractivity contribution >= 4 is 6.03 Å². The van der Waals surface area contributed by atoms with Gasteiger partial charge in [-0.25, -0.2) is 44.5 Å². The maximum atomic E-state index is 10.8. The van der Waals surface area contributed by atoms with Crippen molar-refractivity contribution in [3.8, 4) is 0 Å². The van der Waals surface area contributed by atoms with Gasteiger partial charge in [-0.1, -0.05) is 13.0 Å². The SMILES string of the molecule is CC1COC(C)OC1.CN1CCN(C)C1=O.Cc1ccc(C)nc1.Cc1ccnc(C)c1.Cc1ccnc(C)n1.Cc1cnc(C)cn1.Cc1cnc(C)cn1.Cc1cnc(C)nc1.Cc1cncc(C)n1.Cc1ncnc(C)n1.Cn1ccn(C)c1=O. The number of pyridine rings is 2. The number of likely N-dealkylation sites (N-methyl/N-ethyl adjacent to an activating group) is 2. The Balaban J connectivity index is 0.000000484. The van der Waals surface area contributed by atoms with E-state index in [1.54, 1.807) is 79.7 Å². The first-order valence-electron chi connectivity index (χ1n) is 28.6. The topological polar surface area (TPSA) is 262 Å². The summed E-state index contributed by atoms with van der Waals surface area (Å²) in [4.78, 5) is 84.6. The largest absolute Gasteiger partial charge is 0.353 e. The molecular weight excluding hydrogens is 1110 g/mol. The Kier molecular flexibility index (Phi) is 38.0. The van der Waals surface area contributed by atoms with Gasteiger partial charge in [0.25, 0.3) is 0 Å². The van der Waals surface area contributed by atoms with Crippen LogP contribution in [0.1, 0.15) is 105 Å². The minimum Gasteiger partial charge on any atom is -0.353 e. The predicted octanol–water partition coefficient (Wildman–Crippen LogP) is 10.1. The predicted molar refractivity (Wildman–Crippen MR) is 346 cm³/mol. The van der Waals surface area contributed by atoms with E-state index in [9.17, 15) is 9.59 Å². The lowest BCUT2D eigenvalue weighted by atomic mass is 10.2. The van der Waals surface area contributed by atoms with Crippen molar-refractivity contribution in [3.63, 3.8) is 0 Å². The minimum absolute atomic E-state index is 0.0185. The lowest BCUT2D eigenvalue weighted by Crippen LogP contribution is -2.27. The summed E-state index contributed by atoms with van der Waals surface area (Å²) in [5.74, 6) is 3.79. The molecule has 0 N–H and O–H groups in total. The van der Waals surface area contributed by atoms with E-state index in [2.05, 4.69) is 101 Å². The van der Waals surface area contributed by atoms with Gasteiger partial charge in [0.15, 0.2) is 6.29 Å². The van der Waals surface area contributed by atoms with Crippen molar-refractivity contribution in [1.29, 1.82) is 0 Å². The van der Waals surface area contributed by atoms with E-state index < -0.39 is 0 Å². The average molecular weight is 1210 g/mol. The van der Waals surface area contributed by atoms with E-state index in [-0.39, 0.29) is 18.0 Å². The highest BCUT2D eigenvalue weighted by Crippen LogP contribution is 2.08. The molecule has 0 unspecified atom stereocenters. The third kappa shape index (κ3) is 38.8. The van der Waals surface area contributed by atoms with Crippen LogP contribution in [-0.4, -0.2) is 146 Å². The molecule has 88 heavy (non-hydrogen) atoms. The summed E-state index contributed by atoms with van der Waals surface area (Å²) in [7, 11) is 7.07. The molecule has 11 rings (SSSR count). The van der Waals surface area contributed by atoms with Crippen LogP contribution in [0.4, 0.5) is 4.79 Å². The molecule has 0 bridgehead atoms. The lowest BCUT2D eigenvalue weighted by Gasteiger charge is -2.24. The zero-order valence-electron chi connectivity index (χ0n) is 56.1. The van der Waals surface area contributed by atoms with Crippen LogP contribution >= 0.6 is 0 Å². The first kappa shape index (κ1) is 76.9. The molecule has 11 heterocycles. The van der Waals surface area contributed by atoms with Crippen molar-refractivity contribution in [2.45, 2.75) is 131 Å². The number of aromatic nitrogens is 17. The molecule has 2 aliphatic heterocycles. The van der Waals surface area contributed by atoms with Gasteiger partial charge in [0.05, 0.1) is 47.4 Å². The highest BCUT2D eigenvalue weighted by Gasteiger charge is 2.20. The molecule has 23 heteroatoms. The number of ether oxygens (including phenoxy) is 2. The molecule has 2 aliphatic rings. The minimum atomic E-state index is 0.0185. The summed E-state index contributed by atoms with van der Waals surface area (Å²) in [6.07, 6.45) is 24.6. The number of carbonyl (C=O) groups excluding carboxylic acids is 1. The zero-order chi connectivity index (χ0) is 66.1.